The Kier molecular flexibility index (Phi) is 1.48. The zero-order valence-electron chi connectivity index (χ0n) is 4.29. The van der Waals surface area contributed by atoms with Crippen molar-refractivity contribution in [2.24, 2.45) is 5.16 Å². The molecule has 0 aromatic heterocycles. The van der Waals surface area contributed by atoms with Crippen LogP contribution < -0.4 is 0 Å². The fourth-order valence-corrected chi connectivity index (χ4v) is 0.784. The third kappa shape index (κ3) is 0.975. The molecule has 1 unspecified atom stereocenters. The molecular weight excluding hydrogens is 130 g/mol. The Morgan fingerprint density at radius 3 is 2.88 bits per heavy atom. The van der Waals surface area contributed by atoms with E-state index in [4.69, 9.17) is 0 Å². The predicted molar refractivity (Wildman–Crippen MR) is 28.0 cm³/mol. The van der Waals surface area contributed by atoms with Crippen molar-refractivity contribution in [1.29, 1.82) is 0 Å². The van der Waals surface area contributed by atoms with Crippen molar-refractivity contribution in [3.8, 4) is 0 Å². The highest BCUT2D eigenvalue weighted by atomic mass is 32.2. The number of rotatable bonds is 1. The van der Waals surface area contributed by atoms with E-state index in [9.17, 15) is 4.21 Å². The first-order chi connectivity index (χ1) is 3.83. The molecule has 1 rings (SSSR count). The molecule has 5 heteroatoms. The van der Waals surface area contributed by atoms with Gasteiger partial charge < -0.3 is 4.18 Å². The minimum Gasteiger partial charge on any atom is -0.351 e. The molecule has 0 saturated carbocycles. The second-order valence-corrected chi connectivity index (χ2v) is 1.92. The van der Waals surface area contributed by atoms with E-state index in [-0.39, 0.29) is 0 Å². The van der Waals surface area contributed by atoms with Crippen LogP contribution in [-0.2, 0) is 19.8 Å². The molecule has 4 nitrogen and oxygen atoms in total. The molecule has 0 saturated heterocycles. The van der Waals surface area contributed by atoms with Crippen molar-refractivity contribution in [2.45, 2.75) is 13.3 Å². The Balaban J connectivity index is 2.49. The van der Waals surface area contributed by atoms with Gasteiger partial charge in [-0.15, -0.1) is 0 Å². The van der Waals surface area contributed by atoms with Crippen molar-refractivity contribution in [2.75, 3.05) is 0 Å². The third-order valence-electron chi connectivity index (χ3n) is 0.667. The van der Waals surface area contributed by atoms with Crippen LogP contribution in [0.3, 0.4) is 0 Å². The molecule has 0 amide bonds. The summed E-state index contributed by atoms with van der Waals surface area (Å²) in [4.78, 5) is 0. The normalized spacial score (nSPS) is 26.1. The van der Waals surface area contributed by atoms with E-state index < -0.39 is 11.4 Å². The van der Waals surface area contributed by atoms with Gasteiger partial charge in [-0.25, -0.2) is 0 Å². The van der Waals surface area contributed by atoms with E-state index >= 15 is 0 Å². The molecule has 0 aromatic rings. The summed E-state index contributed by atoms with van der Waals surface area (Å²) in [6, 6.07) is 0. The fourth-order valence-electron chi connectivity index (χ4n) is 0.304. The lowest BCUT2D eigenvalue weighted by Gasteiger charge is -1.84. The van der Waals surface area contributed by atoms with Crippen LogP contribution in [0.1, 0.15) is 13.3 Å². The van der Waals surface area contributed by atoms with Crippen molar-refractivity contribution >= 4 is 17.3 Å². The SMILES string of the molecule is CCC1=NOS(=O)O1. The standard InChI is InChI=1S/C3H5NO3S/c1-2-3-4-7-8(5)6-3/h2H2,1H3. The third-order valence-corrected chi connectivity index (χ3v) is 1.19. The molecule has 8 heavy (non-hydrogen) atoms. The Labute approximate surface area is 49.3 Å². The van der Waals surface area contributed by atoms with Gasteiger partial charge in [0, 0.05) is 6.42 Å². The smallest absolute Gasteiger partial charge is 0.351 e. The predicted octanol–water partition coefficient (Wildman–Crippen LogP) is 0.335. The fraction of sp³-hybridized carbons (Fsp3) is 0.667. The van der Waals surface area contributed by atoms with Crippen LogP contribution in [-0.4, -0.2) is 10.1 Å². The largest absolute Gasteiger partial charge is 0.440 e. The van der Waals surface area contributed by atoms with Crippen LogP contribution in [0.4, 0.5) is 0 Å². The van der Waals surface area contributed by atoms with Crippen molar-refractivity contribution in [3.63, 3.8) is 0 Å². The van der Waals surface area contributed by atoms with Crippen LogP contribution in [0.2, 0.25) is 0 Å². The van der Waals surface area contributed by atoms with Gasteiger partial charge in [0.2, 0.25) is 5.90 Å². The average Bonchev–Trinajstić information content (AvgIpc) is 2.14. The van der Waals surface area contributed by atoms with Crippen LogP contribution in [0.15, 0.2) is 5.16 Å². The van der Waals surface area contributed by atoms with E-state index in [0.29, 0.717) is 12.3 Å². The Morgan fingerprint density at radius 1 is 1.88 bits per heavy atom. The summed E-state index contributed by atoms with van der Waals surface area (Å²) in [6.07, 6.45) is 0.617. The van der Waals surface area contributed by atoms with Gasteiger partial charge in [-0.1, -0.05) is 6.92 Å². The summed E-state index contributed by atoms with van der Waals surface area (Å²) in [5.74, 6) is 0.392. The van der Waals surface area contributed by atoms with Gasteiger partial charge in [0.25, 0.3) is 0 Å². The zero-order chi connectivity index (χ0) is 5.98. The van der Waals surface area contributed by atoms with Crippen LogP contribution in [0, 0.1) is 0 Å². The summed E-state index contributed by atoms with van der Waals surface area (Å²) in [5.41, 5.74) is 0. The van der Waals surface area contributed by atoms with Gasteiger partial charge in [-0.05, 0) is 5.16 Å². The summed E-state index contributed by atoms with van der Waals surface area (Å²) in [7, 11) is 0. The Hall–Kier alpha value is -0.580. The first kappa shape index (κ1) is 5.55. The number of hydrogen-bond donors (Lipinski definition) is 0. The lowest BCUT2D eigenvalue weighted by Crippen LogP contribution is -1.95. The maximum Gasteiger partial charge on any atom is 0.440 e. The van der Waals surface area contributed by atoms with Crippen molar-refractivity contribution in [3.05, 3.63) is 0 Å². The topological polar surface area (TPSA) is 47.9 Å². The summed E-state index contributed by atoms with van der Waals surface area (Å²) >= 11 is -1.66. The highest BCUT2D eigenvalue weighted by Gasteiger charge is 2.14. The molecule has 1 atom stereocenters. The van der Waals surface area contributed by atoms with E-state index in [1.807, 2.05) is 6.92 Å². The van der Waals surface area contributed by atoms with Gasteiger partial charge in [-0.2, -0.15) is 4.21 Å². The zero-order valence-corrected chi connectivity index (χ0v) is 5.10. The number of hydrogen-bond acceptors (Lipinski definition) is 4. The second kappa shape index (κ2) is 2.13. The lowest BCUT2D eigenvalue weighted by molar-refractivity contribution is 0.371. The Morgan fingerprint density at radius 2 is 2.62 bits per heavy atom. The molecule has 0 aliphatic carbocycles. The first-order valence-electron chi connectivity index (χ1n) is 2.17. The molecule has 0 radical (unpaired) electrons. The van der Waals surface area contributed by atoms with Gasteiger partial charge in [0.15, 0.2) is 0 Å². The highest BCUT2D eigenvalue weighted by Crippen LogP contribution is 2.04. The molecule has 1 aliphatic heterocycles. The first-order valence-corrected chi connectivity index (χ1v) is 3.17. The molecule has 0 fully saturated rings. The summed E-state index contributed by atoms with van der Waals surface area (Å²) < 4.78 is 18.9. The second-order valence-electron chi connectivity index (χ2n) is 1.20. The highest BCUT2D eigenvalue weighted by molar-refractivity contribution is 7.75. The molecular formula is C3H5NO3S. The molecule has 0 bridgehead atoms. The van der Waals surface area contributed by atoms with E-state index in [2.05, 4.69) is 13.6 Å². The minimum atomic E-state index is -1.66. The molecule has 46 valence electrons. The molecule has 1 aliphatic rings. The molecule has 0 spiro atoms. The molecule has 0 aromatic carbocycles. The summed E-state index contributed by atoms with van der Waals surface area (Å²) in [6.45, 7) is 1.84. The number of oxime groups is 1. The van der Waals surface area contributed by atoms with Crippen LogP contribution in [0.25, 0.3) is 0 Å². The van der Waals surface area contributed by atoms with E-state index in [1.54, 1.807) is 0 Å². The maximum atomic E-state index is 10.2. The quantitative estimate of drug-likeness (QED) is 0.520. The van der Waals surface area contributed by atoms with Crippen molar-refractivity contribution < 1.29 is 12.7 Å². The number of nitrogens with zero attached hydrogens (tertiary/aromatic N) is 1. The van der Waals surface area contributed by atoms with Gasteiger partial charge in [0.1, 0.15) is 0 Å². The van der Waals surface area contributed by atoms with Crippen LogP contribution >= 0.6 is 0 Å². The van der Waals surface area contributed by atoms with E-state index in [1.165, 1.54) is 0 Å². The maximum absolute atomic E-state index is 10.2. The van der Waals surface area contributed by atoms with Gasteiger partial charge in [0.05, 0.1) is 0 Å². The van der Waals surface area contributed by atoms with Gasteiger partial charge >= 0.3 is 11.4 Å². The summed E-state index contributed by atoms with van der Waals surface area (Å²) in [5, 5.41) is 3.33. The van der Waals surface area contributed by atoms with Crippen molar-refractivity contribution in [1.82, 2.24) is 0 Å². The van der Waals surface area contributed by atoms with Gasteiger partial charge in [-0.3, -0.25) is 4.28 Å². The average molecular weight is 135 g/mol. The monoisotopic (exact) mass is 135 g/mol. The van der Waals surface area contributed by atoms with Crippen LogP contribution in [0.5, 0.6) is 0 Å². The minimum absolute atomic E-state index is 0.392. The van der Waals surface area contributed by atoms with E-state index in [0.717, 1.165) is 0 Å². The Bertz CT molecular complexity index is 143. The lowest BCUT2D eigenvalue weighted by atomic mass is 10.5. The molecule has 1 heterocycles. The molecule has 0 N–H and O–H groups in total.